The van der Waals surface area contributed by atoms with Crippen molar-refractivity contribution in [2.75, 3.05) is 10.6 Å². The van der Waals surface area contributed by atoms with E-state index in [1.54, 1.807) is 30.3 Å². The van der Waals surface area contributed by atoms with Gasteiger partial charge in [0.25, 0.3) is 0 Å². The largest absolute Gasteiger partial charge is 0.361 e. The fourth-order valence-electron chi connectivity index (χ4n) is 2.81. The van der Waals surface area contributed by atoms with E-state index in [4.69, 9.17) is 34.8 Å². The zero-order chi connectivity index (χ0) is 19.7. The number of anilines is 4. The minimum Gasteiger partial charge on any atom is -0.361 e. The van der Waals surface area contributed by atoms with Crippen molar-refractivity contribution in [1.82, 2.24) is 9.97 Å². The van der Waals surface area contributed by atoms with Gasteiger partial charge in [0.05, 0.1) is 15.1 Å². The minimum atomic E-state index is 0.264. The van der Waals surface area contributed by atoms with Crippen LogP contribution in [-0.4, -0.2) is 9.97 Å². The molecule has 2 aromatic heterocycles. The van der Waals surface area contributed by atoms with Gasteiger partial charge < -0.3 is 15.6 Å². The monoisotopic (exact) mass is 427 g/mol. The van der Waals surface area contributed by atoms with Gasteiger partial charge >= 0.3 is 0 Å². The predicted octanol–water partition coefficient (Wildman–Crippen LogP) is 6.88. The second-order valence-electron chi connectivity index (χ2n) is 6.01. The SMILES string of the molecule is N#Cc1cc(Nc2ccc(Cl)c(Cl)c2)cc(Nc2cc(Cl)c3cc[nH]c3c2)n1. The van der Waals surface area contributed by atoms with E-state index >= 15 is 0 Å². The van der Waals surface area contributed by atoms with Crippen LogP contribution in [0.1, 0.15) is 5.69 Å². The molecule has 0 aliphatic carbocycles. The lowest BCUT2D eigenvalue weighted by Crippen LogP contribution is -1.99. The Labute approximate surface area is 175 Å². The summed E-state index contributed by atoms with van der Waals surface area (Å²) in [5.41, 5.74) is 3.34. The van der Waals surface area contributed by atoms with E-state index in [0.29, 0.717) is 26.6 Å². The van der Waals surface area contributed by atoms with Crippen molar-refractivity contribution in [2.24, 2.45) is 0 Å². The molecule has 4 rings (SSSR count). The van der Waals surface area contributed by atoms with E-state index in [1.165, 1.54) is 0 Å². The molecule has 2 aromatic carbocycles. The Morgan fingerprint density at radius 3 is 2.39 bits per heavy atom. The molecular formula is C20H12Cl3N5. The first-order chi connectivity index (χ1) is 13.5. The standard InChI is InChI=1S/C20H12Cl3N5/c21-16-2-1-11(6-18(16)23)26-12-5-14(10-24)28-20(9-12)27-13-7-17(22)15-3-4-25-19(15)8-13/h1-9,25H,(H2,26,27,28). The van der Waals surface area contributed by atoms with Gasteiger partial charge in [-0.25, -0.2) is 4.98 Å². The van der Waals surface area contributed by atoms with Crippen molar-refractivity contribution < 1.29 is 0 Å². The number of fused-ring (bicyclic) bond motifs is 1. The highest BCUT2D eigenvalue weighted by atomic mass is 35.5. The Morgan fingerprint density at radius 1 is 0.821 bits per heavy atom. The van der Waals surface area contributed by atoms with Crippen LogP contribution in [0.3, 0.4) is 0 Å². The van der Waals surface area contributed by atoms with Crippen molar-refractivity contribution in [2.45, 2.75) is 0 Å². The number of aromatic nitrogens is 2. The summed E-state index contributed by atoms with van der Waals surface area (Å²) < 4.78 is 0. The first-order valence-electron chi connectivity index (χ1n) is 8.20. The number of rotatable bonds is 4. The Hall–Kier alpha value is -2.91. The van der Waals surface area contributed by atoms with E-state index in [0.717, 1.165) is 22.3 Å². The normalized spacial score (nSPS) is 10.6. The fourth-order valence-corrected chi connectivity index (χ4v) is 3.39. The summed E-state index contributed by atoms with van der Waals surface area (Å²) in [6, 6.07) is 16.4. The fraction of sp³-hybridized carbons (Fsp3) is 0. The molecule has 8 heteroatoms. The van der Waals surface area contributed by atoms with Crippen molar-refractivity contribution in [1.29, 1.82) is 5.26 Å². The number of nitrogens with zero attached hydrogens (tertiary/aromatic N) is 2. The molecule has 0 aliphatic heterocycles. The lowest BCUT2D eigenvalue weighted by atomic mass is 10.2. The molecule has 5 nitrogen and oxygen atoms in total. The lowest BCUT2D eigenvalue weighted by molar-refractivity contribution is 1.25. The summed E-state index contributed by atoms with van der Waals surface area (Å²) in [7, 11) is 0. The maximum Gasteiger partial charge on any atom is 0.144 e. The average Bonchev–Trinajstić information content (AvgIpc) is 3.14. The highest BCUT2D eigenvalue weighted by molar-refractivity contribution is 6.42. The van der Waals surface area contributed by atoms with Crippen LogP contribution in [0.25, 0.3) is 10.9 Å². The maximum atomic E-state index is 9.32. The Kier molecular flexibility index (Phi) is 5.01. The van der Waals surface area contributed by atoms with E-state index in [2.05, 4.69) is 26.7 Å². The molecular weight excluding hydrogens is 417 g/mol. The Morgan fingerprint density at radius 2 is 1.61 bits per heavy atom. The minimum absolute atomic E-state index is 0.264. The molecule has 0 amide bonds. The van der Waals surface area contributed by atoms with Gasteiger partial charge in [0, 0.05) is 40.2 Å². The molecule has 0 bridgehead atoms. The van der Waals surface area contributed by atoms with Gasteiger partial charge in [-0.2, -0.15) is 5.26 Å². The number of benzene rings is 2. The third-order valence-corrected chi connectivity index (χ3v) is 5.09. The Balaban J connectivity index is 1.66. The number of hydrogen-bond donors (Lipinski definition) is 3. The first kappa shape index (κ1) is 18.5. The van der Waals surface area contributed by atoms with Crippen molar-refractivity contribution in [3.05, 3.63) is 75.5 Å². The number of aromatic amines is 1. The first-order valence-corrected chi connectivity index (χ1v) is 9.33. The molecule has 0 saturated heterocycles. The van der Waals surface area contributed by atoms with Crippen LogP contribution in [0.15, 0.2) is 54.7 Å². The Bertz CT molecular complexity index is 1230. The molecule has 28 heavy (non-hydrogen) atoms. The molecule has 0 aliphatic rings. The molecule has 0 fully saturated rings. The van der Waals surface area contributed by atoms with Crippen LogP contribution in [0, 0.1) is 11.3 Å². The van der Waals surface area contributed by atoms with Crippen LogP contribution >= 0.6 is 34.8 Å². The number of H-pyrrole nitrogens is 1. The topological polar surface area (TPSA) is 76.5 Å². The number of nitriles is 1. The van der Waals surface area contributed by atoms with Gasteiger partial charge in [-0.3, -0.25) is 0 Å². The number of pyridine rings is 1. The summed E-state index contributed by atoms with van der Waals surface area (Å²) in [5.74, 6) is 0.503. The molecule has 0 spiro atoms. The smallest absolute Gasteiger partial charge is 0.144 e. The molecule has 0 atom stereocenters. The van der Waals surface area contributed by atoms with E-state index in [1.807, 2.05) is 24.4 Å². The van der Waals surface area contributed by atoms with Crippen molar-refractivity contribution in [3.8, 4) is 6.07 Å². The molecule has 0 saturated carbocycles. The molecule has 2 heterocycles. The lowest BCUT2D eigenvalue weighted by Gasteiger charge is -2.11. The summed E-state index contributed by atoms with van der Waals surface area (Å²) >= 11 is 18.3. The highest BCUT2D eigenvalue weighted by Crippen LogP contribution is 2.30. The second-order valence-corrected chi connectivity index (χ2v) is 7.24. The summed E-state index contributed by atoms with van der Waals surface area (Å²) in [6.07, 6.45) is 1.83. The quantitative estimate of drug-likeness (QED) is 0.331. The molecule has 138 valence electrons. The third kappa shape index (κ3) is 3.85. The third-order valence-electron chi connectivity index (χ3n) is 4.04. The average molecular weight is 429 g/mol. The van der Waals surface area contributed by atoms with Gasteiger partial charge in [0.1, 0.15) is 17.6 Å². The van der Waals surface area contributed by atoms with Crippen LogP contribution in [-0.2, 0) is 0 Å². The van der Waals surface area contributed by atoms with E-state index in [9.17, 15) is 5.26 Å². The second kappa shape index (κ2) is 7.61. The summed E-state index contributed by atoms with van der Waals surface area (Å²) in [5, 5.41) is 18.2. The summed E-state index contributed by atoms with van der Waals surface area (Å²) in [6.45, 7) is 0. The molecule has 0 unspecified atom stereocenters. The number of hydrogen-bond acceptors (Lipinski definition) is 4. The van der Waals surface area contributed by atoms with Crippen molar-refractivity contribution >= 4 is 68.6 Å². The molecule has 4 aromatic rings. The number of halogens is 3. The van der Waals surface area contributed by atoms with Crippen LogP contribution in [0.4, 0.5) is 22.9 Å². The zero-order valence-electron chi connectivity index (χ0n) is 14.2. The molecule has 3 N–H and O–H groups in total. The predicted molar refractivity (Wildman–Crippen MR) is 115 cm³/mol. The van der Waals surface area contributed by atoms with E-state index in [-0.39, 0.29) is 5.69 Å². The van der Waals surface area contributed by atoms with Crippen LogP contribution in [0.5, 0.6) is 0 Å². The summed E-state index contributed by atoms with van der Waals surface area (Å²) in [4.78, 5) is 7.44. The van der Waals surface area contributed by atoms with Crippen LogP contribution in [0.2, 0.25) is 15.1 Å². The highest BCUT2D eigenvalue weighted by Gasteiger charge is 2.08. The van der Waals surface area contributed by atoms with Gasteiger partial charge in [-0.15, -0.1) is 0 Å². The van der Waals surface area contributed by atoms with Gasteiger partial charge in [0.15, 0.2) is 0 Å². The molecule has 0 radical (unpaired) electrons. The van der Waals surface area contributed by atoms with Gasteiger partial charge in [0.2, 0.25) is 0 Å². The van der Waals surface area contributed by atoms with Crippen LogP contribution < -0.4 is 10.6 Å². The zero-order valence-corrected chi connectivity index (χ0v) is 16.5. The van der Waals surface area contributed by atoms with Gasteiger partial charge in [-0.05, 0) is 42.5 Å². The van der Waals surface area contributed by atoms with E-state index < -0.39 is 0 Å². The van der Waals surface area contributed by atoms with Crippen molar-refractivity contribution in [3.63, 3.8) is 0 Å². The number of nitrogens with one attached hydrogen (secondary N) is 3. The van der Waals surface area contributed by atoms with Gasteiger partial charge in [-0.1, -0.05) is 34.8 Å². The maximum absolute atomic E-state index is 9.32.